The van der Waals surface area contributed by atoms with Crippen LogP contribution in [0.25, 0.3) is 43.8 Å². The molecule has 0 amide bonds. The van der Waals surface area contributed by atoms with Gasteiger partial charge in [0, 0.05) is 0 Å². The first-order valence-electron chi connectivity index (χ1n) is 12.1. The SMILES string of the molecule is Cc1cccc2c1-c1ccccc1C21c2ccccc2-c2c1c1ccccc1c1ccccc21. The Labute approximate surface area is 199 Å². The van der Waals surface area contributed by atoms with Crippen molar-refractivity contribution in [3.63, 3.8) is 0 Å². The third-order valence-corrected chi connectivity index (χ3v) is 8.19. The van der Waals surface area contributed by atoms with Crippen molar-refractivity contribution < 1.29 is 0 Å². The predicted octanol–water partition coefficient (Wildman–Crippen LogP) is 8.64. The van der Waals surface area contributed by atoms with Crippen molar-refractivity contribution in [2.45, 2.75) is 12.3 Å². The van der Waals surface area contributed by atoms with Gasteiger partial charge in [0.2, 0.25) is 0 Å². The van der Waals surface area contributed by atoms with Crippen molar-refractivity contribution >= 4 is 21.5 Å². The molecule has 8 rings (SSSR count). The first-order chi connectivity index (χ1) is 16.8. The van der Waals surface area contributed by atoms with Crippen LogP contribution in [0, 0.1) is 6.92 Å². The molecule has 0 nitrogen and oxygen atoms in total. The molecule has 0 aliphatic heterocycles. The number of hydrogen-bond donors (Lipinski definition) is 0. The number of rotatable bonds is 0. The zero-order chi connectivity index (χ0) is 22.4. The van der Waals surface area contributed by atoms with E-state index in [1.54, 1.807) is 0 Å². The van der Waals surface area contributed by atoms with Gasteiger partial charge in [-0.25, -0.2) is 0 Å². The molecule has 2 aliphatic rings. The Morgan fingerprint density at radius 2 is 0.912 bits per heavy atom. The van der Waals surface area contributed by atoms with Crippen LogP contribution in [0.3, 0.4) is 0 Å². The summed E-state index contributed by atoms with van der Waals surface area (Å²) in [5.41, 5.74) is 12.2. The van der Waals surface area contributed by atoms with Crippen molar-refractivity contribution in [3.05, 3.63) is 143 Å². The molecular formula is C34H22. The summed E-state index contributed by atoms with van der Waals surface area (Å²) in [7, 11) is 0. The minimum Gasteiger partial charge on any atom is -0.0619 e. The van der Waals surface area contributed by atoms with Crippen LogP contribution in [0.4, 0.5) is 0 Å². The maximum Gasteiger partial charge on any atom is 0.0731 e. The lowest BCUT2D eigenvalue weighted by atomic mass is 9.69. The number of hydrogen-bond acceptors (Lipinski definition) is 0. The van der Waals surface area contributed by atoms with Gasteiger partial charge in [-0.15, -0.1) is 0 Å². The maximum absolute atomic E-state index is 2.37. The lowest BCUT2D eigenvalue weighted by Crippen LogP contribution is -2.26. The second-order valence-electron chi connectivity index (χ2n) is 9.68. The molecule has 34 heavy (non-hydrogen) atoms. The molecule has 6 aromatic rings. The van der Waals surface area contributed by atoms with Gasteiger partial charge in [-0.2, -0.15) is 0 Å². The fourth-order valence-corrected chi connectivity index (χ4v) is 7.04. The van der Waals surface area contributed by atoms with Gasteiger partial charge in [0.1, 0.15) is 0 Å². The van der Waals surface area contributed by atoms with Gasteiger partial charge in [0.15, 0.2) is 0 Å². The van der Waals surface area contributed by atoms with Crippen LogP contribution >= 0.6 is 0 Å². The number of benzene rings is 6. The highest BCUT2D eigenvalue weighted by molar-refractivity contribution is 6.19. The third-order valence-electron chi connectivity index (χ3n) is 8.19. The standard InChI is InChI=1S/C34H22/c1-21-11-10-20-30-31(21)26-16-6-8-18-28(26)34(30)29-19-9-7-17-27(29)32-24-14-4-2-12-22(24)23-13-3-5-15-25(23)33(32)34/h2-20H,1H3. The van der Waals surface area contributed by atoms with Crippen LogP contribution in [0.2, 0.25) is 0 Å². The smallest absolute Gasteiger partial charge is 0.0619 e. The highest BCUT2D eigenvalue weighted by Crippen LogP contribution is 2.65. The minimum atomic E-state index is -0.312. The molecule has 0 saturated heterocycles. The van der Waals surface area contributed by atoms with Crippen molar-refractivity contribution in [1.82, 2.24) is 0 Å². The molecule has 1 spiro atoms. The lowest BCUT2D eigenvalue weighted by Gasteiger charge is -2.31. The van der Waals surface area contributed by atoms with Crippen LogP contribution in [-0.4, -0.2) is 0 Å². The summed E-state index contributed by atoms with van der Waals surface area (Å²) in [4.78, 5) is 0. The minimum absolute atomic E-state index is 0.312. The van der Waals surface area contributed by atoms with E-state index in [-0.39, 0.29) is 5.41 Å². The Kier molecular flexibility index (Phi) is 3.36. The first kappa shape index (κ1) is 18.3. The molecule has 1 atom stereocenters. The largest absolute Gasteiger partial charge is 0.0731 e. The Morgan fingerprint density at radius 3 is 1.62 bits per heavy atom. The van der Waals surface area contributed by atoms with Gasteiger partial charge < -0.3 is 0 Å². The monoisotopic (exact) mass is 430 g/mol. The fourth-order valence-electron chi connectivity index (χ4n) is 7.04. The Balaban J connectivity index is 1.72. The molecule has 2 aliphatic carbocycles. The van der Waals surface area contributed by atoms with Gasteiger partial charge in [0.05, 0.1) is 5.41 Å². The van der Waals surface area contributed by atoms with E-state index in [2.05, 4.69) is 122 Å². The van der Waals surface area contributed by atoms with E-state index >= 15 is 0 Å². The molecule has 0 N–H and O–H groups in total. The van der Waals surface area contributed by atoms with Crippen molar-refractivity contribution in [2.75, 3.05) is 0 Å². The fraction of sp³-hybridized carbons (Fsp3) is 0.0588. The van der Waals surface area contributed by atoms with Gasteiger partial charge in [-0.05, 0) is 78.5 Å². The molecule has 0 heterocycles. The highest BCUT2D eigenvalue weighted by Gasteiger charge is 2.53. The van der Waals surface area contributed by atoms with E-state index in [1.165, 1.54) is 71.6 Å². The summed E-state index contributed by atoms with van der Waals surface area (Å²) in [6, 6.07) is 43.0. The average molecular weight is 431 g/mol. The Hall–Kier alpha value is -4.16. The second kappa shape index (κ2) is 6.24. The van der Waals surface area contributed by atoms with E-state index in [9.17, 15) is 0 Å². The van der Waals surface area contributed by atoms with Crippen molar-refractivity contribution in [3.8, 4) is 22.3 Å². The zero-order valence-corrected chi connectivity index (χ0v) is 19.0. The average Bonchev–Trinajstić information content (AvgIpc) is 3.37. The highest BCUT2D eigenvalue weighted by atomic mass is 14.5. The van der Waals surface area contributed by atoms with E-state index in [4.69, 9.17) is 0 Å². The first-order valence-corrected chi connectivity index (χ1v) is 12.1. The quantitative estimate of drug-likeness (QED) is 0.211. The molecule has 0 heteroatoms. The predicted molar refractivity (Wildman–Crippen MR) is 142 cm³/mol. The Bertz CT molecular complexity index is 1820. The third kappa shape index (κ3) is 1.93. The zero-order valence-electron chi connectivity index (χ0n) is 19.0. The van der Waals surface area contributed by atoms with E-state index in [1.807, 2.05) is 0 Å². The molecule has 0 radical (unpaired) electrons. The van der Waals surface area contributed by atoms with Gasteiger partial charge >= 0.3 is 0 Å². The van der Waals surface area contributed by atoms with Gasteiger partial charge in [-0.3, -0.25) is 0 Å². The number of fused-ring (bicyclic) bond motifs is 15. The van der Waals surface area contributed by atoms with E-state index in [0.29, 0.717) is 0 Å². The summed E-state index contributed by atoms with van der Waals surface area (Å²) in [5.74, 6) is 0. The molecule has 0 fully saturated rings. The van der Waals surface area contributed by atoms with Crippen LogP contribution in [0.5, 0.6) is 0 Å². The lowest BCUT2D eigenvalue weighted by molar-refractivity contribution is 0.801. The number of aryl methyl sites for hydroxylation is 1. The normalized spacial score (nSPS) is 17.1. The summed E-state index contributed by atoms with van der Waals surface area (Å²) in [6.45, 7) is 2.26. The summed E-state index contributed by atoms with van der Waals surface area (Å²) in [5, 5.41) is 5.37. The topological polar surface area (TPSA) is 0 Å². The van der Waals surface area contributed by atoms with Gasteiger partial charge in [0.25, 0.3) is 0 Å². The van der Waals surface area contributed by atoms with Crippen LogP contribution in [0.1, 0.15) is 27.8 Å². The summed E-state index contributed by atoms with van der Waals surface area (Å²) < 4.78 is 0. The summed E-state index contributed by atoms with van der Waals surface area (Å²) in [6.07, 6.45) is 0. The molecule has 6 aromatic carbocycles. The van der Waals surface area contributed by atoms with Crippen molar-refractivity contribution in [1.29, 1.82) is 0 Å². The Morgan fingerprint density at radius 1 is 0.412 bits per heavy atom. The molecule has 0 aromatic heterocycles. The van der Waals surface area contributed by atoms with Crippen LogP contribution < -0.4 is 0 Å². The summed E-state index contributed by atoms with van der Waals surface area (Å²) >= 11 is 0. The van der Waals surface area contributed by atoms with Crippen molar-refractivity contribution in [2.24, 2.45) is 0 Å². The molecule has 0 saturated carbocycles. The van der Waals surface area contributed by atoms with Crippen LogP contribution in [-0.2, 0) is 5.41 Å². The second-order valence-corrected chi connectivity index (χ2v) is 9.68. The van der Waals surface area contributed by atoms with E-state index < -0.39 is 0 Å². The van der Waals surface area contributed by atoms with E-state index in [0.717, 1.165) is 0 Å². The molecular weight excluding hydrogens is 408 g/mol. The van der Waals surface area contributed by atoms with Crippen LogP contribution in [0.15, 0.2) is 115 Å². The van der Waals surface area contributed by atoms with Gasteiger partial charge in [-0.1, -0.05) is 115 Å². The maximum atomic E-state index is 2.37. The molecule has 1 unspecified atom stereocenters. The molecule has 0 bridgehead atoms. The molecule has 158 valence electrons.